The highest BCUT2D eigenvalue weighted by Gasteiger charge is 2.60. The van der Waals surface area contributed by atoms with E-state index in [-0.39, 0.29) is 65.9 Å². The van der Waals surface area contributed by atoms with Crippen molar-refractivity contribution in [3.05, 3.63) is 131 Å². The molecule has 4 fully saturated rings. The average Bonchev–Trinajstić information content (AvgIpc) is 3.38. The van der Waals surface area contributed by atoms with Crippen LogP contribution in [0.15, 0.2) is 126 Å². The van der Waals surface area contributed by atoms with Crippen LogP contribution in [0.1, 0.15) is 105 Å². The number of esters is 1. The number of hydrogen-bond acceptors (Lipinski definition) is 17. The molecular formula is C64H86O17. The number of aliphatic hydroxyl groups is 3. The van der Waals surface area contributed by atoms with E-state index in [1.807, 2.05) is 62.4 Å². The van der Waals surface area contributed by atoms with Gasteiger partial charge in [-0.15, -0.1) is 6.58 Å². The molecule has 2 aliphatic carbocycles. The summed E-state index contributed by atoms with van der Waals surface area (Å²) in [5.41, 5.74) is 1.49. The molecule has 3 N–H and O–H groups in total. The Balaban J connectivity index is 0.000000381. The summed E-state index contributed by atoms with van der Waals surface area (Å²) in [4.78, 5) is 38.2. The van der Waals surface area contributed by atoms with E-state index in [1.54, 1.807) is 46.3 Å². The van der Waals surface area contributed by atoms with E-state index >= 15 is 0 Å². The lowest BCUT2D eigenvalue weighted by Crippen LogP contribution is -2.58. The highest BCUT2D eigenvalue weighted by Crippen LogP contribution is 2.47. The second kappa shape index (κ2) is 26.9. The van der Waals surface area contributed by atoms with Crippen molar-refractivity contribution in [2.24, 2.45) is 23.7 Å². The van der Waals surface area contributed by atoms with Gasteiger partial charge in [0, 0.05) is 69.3 Å². The predicted octanol–water partition coefficient (Wildman–Crippen LogP) is 7.94. The predicted molar refractivity (Wildman–Crippen MR) is 300 cm³/mol. The van der Waals surface area contributed by atoms with Crippen molar-refractivity contribution in [3.63, 3.8) is 0 Å². The first-order valence-electron chi connectivity index (χ1n) is 28.8. The van der Waals surface area contributed by atoms with Crippen LogP contribution in [0.25, 0.3) is 0 Å². The number of fused-ring (bicyclic) bond motifs is 2. The molecule has 1 aromatic carbocycles. The van der Waals surface area contributed by atoms with Crippen LogP contribution in [0.2, 0.25) is 0 Å². The van der Waals surface area contributed by atoms with Gasteiger partial charge in [0.1, 0.15) is 42.0 Å². The lowest BCUT2D eigenvalue weighted by molar-refractivity contribution is -0.318. The molecule has 17 heteroatoms. The van der Waals surface area contributed by atoms with E-state index in [1.165, 1.54) is 19.3 Å². The highest BCUT2D eigenvalue weighted by molar-refractivity contribution is 6.19. The topological polar surface area (TPSA) is 213 Å². The maximum Gasteiger partial charge on any atom is 0.316 e. The van der Waals surface area contributed by atoms with Gasteiger partial charge < -0.3 is 67.4 Å². The molecule has 81 heavy (non-hydrogen) atoms. The fraction of sp³-hybridized carbons (Fsp3) is 0.609. The monoisotopic (exact) mass is 1130 g/mol. The van der Waals surface area contributed by atoms with Crippen molar-refractivity contribution in [1.29, 1.82) is 0 Å². The van der Waals surface area contributed by atoms with Crippen molar-refractivity contribution >= 4 is 17.5 Å². The fourth-order valence-electron chi connectivity index (χ4n) is 12.6. The van der Waals surface area contributed by atoms with Gasteiger partial charge in [0.15, 0.2) is 29.9 Å². The summed E-state index contributed by atoms with van der Waals surface area (Å²) in [6.07, 6.45) is 12.8. The quantitative estimate of drug-likeness (QED) is 0.103. The summed E-state index contributed by atoms with van der Waals surface area (Å²) >= 11 is 0. The highest BCUT2D eigenvalue weighted by atomic mass is 16.7. The largest absolute Gasteiger partial charge is 0.493 e. The molecule has 444 valence electrons. The summed E-state index contributed by atoms with van der Waals surface area (Å²) < 4.78 is 68.5. The minimum Gasteiger partial charge on any atom is -0.493 e. The normalized spacial score (nSPS) is 39.8. The van der Waals surface area contributed by atoms with Crippen LogP contribution < -0.4 is 0 Å². The second-order valence-electron chi connectivity index (χ2n) is 23.1. The Morgan fingerprint density at radius 1 is 0.840 bits per heavy atom. The minimum atomic E-state index is -1.84. The van der Waals surface area contributed by atoms with Crippen LogP contribution >= 0.6 is 0 Å². The van der Waals surface area contributed by atoms with Gasteiger partial charge >= 0.3 is 5.97 Å². The number of benzene rings is 1. The molecular weight excluding hydrogens is 1040 g/mol. The molecule has 6 heterocycles. The second-order valence-corrected chi connectivity index (χ2v) is 23.1. The number of carbonyl (C=O) groups excluding carboxylic acids is 3. The number of aliphatic hydroxyl groups excluding tert-OH is 2. The van der Waals surface area contributed by atoms with Crippen molar-refractivity contribution in [3.8, 4) is 0 Å². The van der Waals surface area contributed by atoms with Gasteiger partial charge in [0.25, 0.3) is 0 Å². The summed E-state index contributed by atoms with van der Waals surface area (Å²) in [5, 5.41) is 34.2. The Morgan fingerprint density at radius 3 is 2.23 bits per heavy atom. The molecule has 1 spiro atoms. The standard InChI is InChI=1S/C48H72O14.C16H14O3/c1-11-25(2)43-28(5)17-18-47(62-43)23-34-20-33(61-47)16-15-27(4)42(26(3)13-12-14-32-24-55-45-40(49)29(6)19-35(46(51)58-34)48(32,45)52)59-39-22-37(54-10)44(31(8)57-39)60-38-21-36(53-9)41(50)30(7)56-38;1-3-12(11-7-5-4-6-8-11)13-9-15(18)16(19-2)10-14(13)17/h12-15,17-19,25-26,28,30-31,33-45,49-50,52H,11,16,20-24H2,1-10H3;3-10,12H,1H2,2H3. The van der Waals surface area contributed by atoms with Gasteiger partial charge in [-0.25, -0.2) is 0 Å². The van der Waals surface area contributed by atoms with Crippen LogP contribution in [0.3, 0.4) is 0 Å². The number of hydrogen-bond donors (Lipinski definition) is 3. The zero-order chi connectivity index (χ0) is 58.5. The third kappa shape index (κ3) is 13.6. The van der Waals surface area contributed by atoms with Gasteiger partial charge in [-0.2, -0.15) is 0 Å². The Bertz CT molecular complexity index is 2620. The minimum absolute atomic E-state index is 0.0317. The molecule has 17 nitrogen and oxygen atoms in total. The third-order valence-corrected chi connectivity index (χ3v) is 17.5. The van der Waals surface area contributed by atoms with Crippen LogP contribution in [0, 0.1) is 23.7 Å². The molecule has 21 atom stereocenters. The molecule has 8 aliphatic rings. The van der Waals surface area contributed by atoms with Crippen molar-refractivity contribution < 1.29 is 81.8 Å². The van der Waals surface area contributed by atoms with Crippen molar-refractivity contribution in [2.75, 3.05) is 27.9 Å². The van der Waals surface area contributed by atoms with Gasteiger partial charge in [0.05, 0.1) is 56.4 Å². The number of rotatable bonds is 12. The molecule has 1 aromatic rings. The fourth-order valence-corrected chi connectivity index (χ4v) is 12.6. The van der Waals surface area contributed by atoms with Gasteiger partial charge in [-0.1, -0.05) is 107 Å². The molecule has 9 rings (SSSR count). The zero-order valence-electron chi connectivity index (χ0n) is 48.8. The van der Waals surface area contributed by atoms with Gasteiger partial charge in [-0.3, -0.25) is 14.4 Å². The summed E-state index contributed by atoms with van der Waals surface area (Å²) in [5.74, 6) is -3.28. The number of methoxy groups -OCH3 is 3. The van der Waals surface area contributed by atoms with E-state index < -0.39 is 90.8 Å². The molecule has 21 unspecified atom stereocenters. The molecule has 0 aromatic heterocycles. The van der Waals surface area contributed by atoms with E-state index in [0.29, 0.717) is 48.8 Å². The van der Waals surface area contributed by atoms with E-state index in [4.69, 9.17) is 52.1 Å². The van der Waals surface area contributed by atoms with E-state index in [2.05, 4.69) is 46.4 Å². The lowest BCUT2D eigenvalue weighted by Gasteiger charge is -2.48. The van der Waals surface area contributed by atoms with Crippen molar-refractivity contribution in [2.45, 2.75) is 197 Å². The van der Waals surface area contributed by atoms with E-state index in [0.717, 1.165) is 17.6 Å². The third-order valence-electron chi connectivity index (χ3n) is 17.5. The average molecular weight is 1130 g/mol. The summed E-state index contributed by atoms with van der Waals surface area (Å²) in [6.45, 7) is 19.8. The number of carbonyl (C=O) groups is 3. The zero-order valence-corrected chi connectivity index (χ0v) is 48.8. The first-order chi connectivity index (χ1) is 38.7. The first-order valence-corrected chi connectivity index (χ1v) is 28.8. The molecule has 4 saturated heterocycles. The van der Waals surface area contributed by atoms with Crippen LogP contribution in [-0.2, 0) is 66.5 Å². The van der Waals surface area contributed by atoms with E-state index in [9.17, 15) is 29.7 Å². The Hall–Kier alpha value is -4.73. The molecule has 0 saturated carbocycles. The van der Waals surface area contributed by atoms with Crippen LogP contribution in [0.4, 0.5) is 0 Å². The lowest BCUT2D eigenvalue weighted by atomic mass is 9.71. The molecule has 0 radical (unpaired) electrons. The smallest absolute Gasteiger partial charge is 0.316 e. The van der Waals surface area contributed by atoms with Crippen molar-refractivity contribution in [1.82, 2.24) is 0 Å². The maximum atomic E-state index is 14.3. The molecule has 2 bridgehead atoms. The van der Waals surface area contributed by atoms with Gasteiger partial charge in [0.2, 0.25) is 5.78 Å². The summed E-state index contributed by atoms with van der Waals surface area (Å²) in [6, 6.07) is 9.48. The SMILES string of the molecule is C=CC(C1=CC(=O)C(OC)=CC1=O)c1ccccc1.CCC(C)C1OC2(C=CC1C)CC1CC(CC=C(C)C(OC3CC(OC)C(OC4CC(OC)C(O)C(C)O4)C(C)O3)C(C)C=CC=C3COC4C(O)C(C)=CC(C(=O)O1)C34O)O2. The number of allylic oxidation sites excluding steroid dienone is 6. The molecule has 6 aliphatic heterocycles. The number of ether oxygens (including phenoxy) is 11. The Morgan fingerprint density at radius 2 is 1.54 bits per heavy atom. The van der Waals surface area contributed by atoms with Crippen LogP contribution in [-0.4, -0.2) is 158 Å². The number of ketones is 2. The summed E-state index contributed by atoms with van der Waals surface area (Å²) in [7, 11) is 4.59. The van der Waals surface area contributed by atoms with Gasteiger partial charge in [-0.05, 0) is 74.5 Å². The maximum absolute atomic E-state index is 14.3. The Labute approximate surface area is 477 Å². The molecule has 0 amide bonds. The van der Waals surface area contributed by atoms with Crippen LogP contribution in [0.5, 0.6) is 0 Å². The Kier molecular flexibility index (Phi) is 20.7. The first kappa shape index (κ1) is 62.3.